The van der Waals surface area contributed by atoms with Crippen LogP contribution in [0.3, 0.4) is 0 Å². The van der Waals surface area contributed by atoms with E-state index in [1.54, 1.807) is 0 Å². The van der Waals surface area contributed by atoms with Crippen molar-refractivity contribution >= 4 is 38.9 Å². The van der Waals surface area contributed by atoms with Crippen molar-refractivity contribution in [2.75, 3.05) is 4.90 Å². The molecule has 10 aromatic carbocycles. The van der Waals surface area contributed by atoms with E-state index in [1.807, 2.05) is 0 Å². The Morgan fingerprint density at radius 1 is 0.317 bits per heavy atom. The summed E-state index contributed by atoms with van der Waals surface area (Å²) >= 11 is 0. The van der Waals surface area contributed by atoms with Crippen LogP contribution in [0.15, 0.2) is 243 Å². The van der Waals surface area contributed by atoms with Gasteiger partial charge in [-0.05, 0) is 128 Å². The lowest BCUT2D eigenvalue weighted by Crippen LogP contribution is -2.26. The molecule has 2 nitrogen and oxygen atoms in total. The molecule has 0 amide bonds. The minimum Gasteiger partial charge on any atom is -0.310 e. The summed E-state index contributed by atoms with van der Waals surface area (Å²) in [6.45, 7) is 0. The molecular formula is C61H40N2. The number of benzene rings is 10. The van der Waals surface area contributed by atoms with Gasteiger partial charge in [0.15, 0.2) is 0 Å². The van der Waals surface area contributed by atoms with Gasteiger partial charge in [-0.15, -0.1) is 0 Å². The van der Waals surface area contributed by atoms with Gasteiger partial charge < -0.3 is 9.47 Å². The smallest absolute Gasteiger partial charge is 0.0726 e. The molecular weight excluding hydrogens is 761 g/mol. The molecule has 294 valence electrons. The van der Waals surface area contributed by atoms with Crippen molar-refractivity contribution in [3.05, 3.63) is 265 Å². The first-order valence-electron chi connectivity index (χ1n) is 21.8. The fraction of sp³-hybridized carbons (Fsp3) is 0.0164. The third-order valence-corrected chi connectivity index (χ3v) is 13.6. The number of nitrogens with zero attached hydrogens (tertiary/aromatic N) is 2. The second kappa shape index (κ2) is 13.9. The summed E-state index contributed by atoms with van der Waals surface area (Å²) in [6.07, 6.45) is 0. The second-order valence-electron chi connectivity index (χ2n) is 16.8. The van der Waals surface area contributed by atoms with Crippen LogP contribution in [0.4, 0.5) is 17.1 Å². The van der Waals surface area contributed by atoms with Crippen molar-refractivity contribution in [2.24, 2.45) is 0 Å². The number of hydrogen-bond acceptors (Lipinski definition) is 1. The van der Waals surface area contributed by atoms with Crippen LogP contribution in [-0.2, 0) is 5.41 Å². The SMILES string of the molecule is c1ccc(-c2ccc3c(c2)c2cc(-c4ccc(N(c5ccccc5)c5cccc6c5-c5ccccc5C65c6ccccc6-c6ccccc65)cc4)ccc2n3-c2ccccc2)cc1. The number of aromatic nitrogens is 1. The Balaban J connectivity index is 0.970. The van der Waals surface area contributed by atoms with E-state index in [-0.39, 0.29) is 0 Å². The fourth-order valence-electron chi connectivity index (χ4n) is 11.0. The van der Waals surface area contributed by atoms with E-state index in [2.05, 4.69) is 252 Å². The normalized spacial score (nSPS) is 12.9. The lowest BCUT2D eigenvalue weighted by molar-refractivity contribution is 0.794. The van der Waals surface area contributed by atoms with Crippen LogP contribution < -0.4 is 4.90 Å². The Kier molecular flexibility index (Phi) is 7.85. The highest BCUT2D eigenvalue weighted by atomic mass is 15.1. The Hall–Kier alpha value is -8.20. The van der Waals surface area contributed by atoms with Crippen LogP contribution in [0.1, 0.15) is 22.3 Å². The first-order chi connectivity index (χ1) is 31.3. The van der Waals surface area contributed by atoms with Gasteiger partial charge in [0, 0.05) is 33.4 Å². The molecule has 63 heavy (non-hydrogen) atoms. The van der Waals surface area contributed by atoms with Gasteiger partial charge in [0.05, 0.1) is 22.1 Å². The highest BCUT2D eigenvalue weighted by molar-refractivity contribution is 6.12. The maximum absolute atomic E-state index is 2.45. The molecule has 2 heteroatoms. The summed E-state index contributed by atoms with van der Waals surface area (Å²) in [5.74, 6) is 0. The van der Waals surface area contributed by atoms with Gasteiger partial charge in [-0.1, -0.05) is 176 Å². The molecule has 0 radical (unpaired) electrons. The van der Waals surface area contributed by atoms with E-state index in [1.165, 1.54) is 94.3 Å². The molecule has 0 saturated carbocycles. The standard InChI is InChI=1S/C61H40N2/c1-4-17-41(18-5-1)43-33-37-57-51(39-43)52-40-44(34-38-58(52)63(57)46-21-8-3-9-22-46)42-31-35-47(36-32-42)62(45-19-6-2-7-20-45)59-30-16-29-56-60(59)50-25-12-15-28-55(50)61(56)53-26-13-10-23-48(53)49-24-11-14-27-54(49)61/h1-40H. The zero-order chi connectivity index (χ0) is 41.5. The third-order valence-electron chi connectivity index (χ3n) is 13.6. The zero-order valence-corrected chi connectivity index (χ0v) is 34.5. The van der Waals surface area contributed by atoms with Crippen molar-refractivity contribution < 1.29 is 0 Å². The van der Waals surface area contributed by atoms with E-state index in [4.69, 9.17) is 0 Å². The number of anilines is 3. The quantitative estimate of drug-likeness (QED) is 0.163. The van der Waals surface area contributed by atoms with E-state index in [0.29, 0.717) is 0 Å². The molecule has 0 bridgehead atoms. The monoisotopic (exact) mass is 800 g/mol. The van der Waals surface area contributed by atoms with Crippen molar-refractivity contribution in [1.29, 1.82) is 0 Å². The molecule has 1 heterocycles. The summed E-state index contributed by atoms with van der Waals surface area (Å²) in [5.41, 5.74) is 21.9. The van der Waals surface area contributed by atoms with Crippen molar-refractivity contribution in [3.63, 3.8) is 0 Å². The van der Waals surface area contributed by atoms with Crippen molar-refractivity contribution in [1.82, 2.24) is 4.57 Å². The van der Waals surface area contributed by atoms with E-state index >= 15 is 0 Å². The molecule has 0 fully saturated rings. The number of hydrogen-bond donors (Lipinski definition) is 0. The van der Waals surface area contributed by atoms with E-state index in [0.717, 1.165) is 17.1 Å². The summed E-state index contributed by atoms with van der Waals surface area (Å²) in [4.78, 5) is 2.45. The molecule has 2 aliphatic rings. The molecule has 13 rings (SSSR count). The predicted molar refractivity (Wildman–Crippen MR) is 263 cm³/mol. The van der Waals surface area contributed by atoms with Gasteiger partial charge in [0.2, 0.25) is 0 Å². The van der Waals surface area contributed by atoms with Crippen molar-refractivity contribution in [3.8, 4) is 50.2 Å². The minimum absolute atomic E-state index is 0.411. The van der Waals surface area contributed by atoms with Gasteiger partial charge in [-0.2, -0.15) is 0 Å². The van der Waals surface area contributed by atoms with Crippen LogP contribution >= 0.6 is 0 Å². The number of para-hydroxylation sites is 2. The Labute approximate surface area is 367 Å². The first-order valence-corrected chi connectivity index (χ1v) is 21.8. The van der Waals surface area contributed by atoms with Crippen LogP contribution in [-0.4, -0.2) is 4.57 Å². The molecule has 0 atom stereocenters. The van der Waals surface area contributed by atoms with Gasteiger partial charge >= 0.3 is 0 Å². The Morgan fingerprint density at radius 3 is 1.37 bits per heavy atom. The van der Waals surface area contributed by atoms with Crippen LogP contribution in [0.2, 0.25) is 0 Å². The molecule has 0 saturated heterocycles. The summed E-state index contributed by atoms with van der Waals surface area (Å²) in [7, 11) is 0. The Bertz CT molecular complexity index is 3500. The van der Waals surface area contributed by atoms with E-state index in [9.17, 15) is 0 Å². The molecule has 0 N–H and O–H groups in total. The lowest BCUT2D eigenvalue weighted by atomic mass is 9.70. The molecule has 11 aromatic rings. The summed E-state index contributed by atoms with van der Waals surface area (Å²) in [5, 5.41) is 2.48. The van der Waals surface area contributed by atoms with Gasteiger partial charge in [-0.3, -0.25) is 0 Å². The maximum atomic E-state index is 2.45. The number of fused-ring (bicyclic) bond motifs is 13. The molecule has 0 unspecified atom stereocenters. The van der Waals surface area contributed by atoms with Crippen LogP contribution in [0.25, 0.3) is 72.0 Å². The summed E-state index contributed by atoms with van der Waals surface area (Å²) < 4.78 is 2.40. The highest BCUT2D eigenvalue weighted by Crippen LogP contribution is 2.64. The van der Waals surface area contributed by atoms with Crippen LogP contribution in [0, 0.1) is 0 Å². The van der Waals surface area contributed by atoms with E-state index < -0.39 is 5.41 Å². The van der Waals surface area contributed by atoms with Gasteiger partial charge in [0.25, 0.3) is 0 Å². The van der Waals surface area contributed by atoms with Crippen molar-refractivity contribution in [2.45, 2.75) is 5.41 Å². The summed E-state index contributed by atoms with van der Waals surface area (Å²) in [6, 6.07) is 89.4. The average Bonchev–Trinajstić information content (AvgIpc) is 3.97. The third kappa shape index (κ3) is 5.19. The highest BCUT2D eigenvalue weighted by Gasteiger charge is 2.52. The first kappa shape index (κ1) is 35.5. The topological polar surface area (TPSA) is 8.17 Å². The number of rotatable bonds is 6. The fourth-order valence-corrected chi connectivity index (χ4v) is 11.0. The van der Waals surface area contributed by atoms with Gasteiger partial charge in [-0.25, -0.2) is 0 Å². The average molecular weight is 801 g/mol. The second-order valence-corrected chi connectivity index (χ2v) is 16.8. The molecule has 2 aliphatic carbocycles. The maximum Gasteiger partial charge on any atom is 0.0726 e. The molecule has 1 spiro atoms. The zero-order valence-electron chi connectivity index (χ0n) is 34.5. The Morgan fingerprint density at radius 2 is 0.762 bits per heavy atom. The van der Waals surface area contributed by atoms with Gasteiger partial charge in [0.1, 0.15) is 0 Å². The minimum atomic E-state index is -0.411. The molecule has 0 aliphatic heterocycles. The van der Waals surface area contributed by atoms with Crippen LogP contribution in [0.5, 0.6) is 0 Å². The molecule has 1 aromatic heterocycles. The largest absolute Gasteiger partial charge is 0.310 e. The predicted octanol–water partition coefficient (Wildman–Crippen LogP) is 15.9. The lowest BCUT2D eigenvalue weighted by Gasteiger charge is -2.31.